The largest absolute Gasteiger partial charge is 0.500 e. The van der Waals surface area contributed by atoms with E-state index in [1.54, 1.807) is 4.90 Å². The Hall–Kier alpha value is -0.319. The number of rotatable bonds is 20. The van der Waals surface area contributed by atoms with Crippen LogP contribution in [0.25, 0.3) is 0 Å². The van der Waals surface area contributed by atoms with Crippen LogP contribution in [-0.4, -0.2) is 92.2 Å². The third-order valence-electron chi connectivity index (χ3n) is 4.32. The summed E-state index contributed by atoms with van der Waals surface area (Å²) in [6, 6.07) is 0.840. The van der Waals surface area contributed by atoms with E-state index in [4.69, 9.17) is 32.3 Å². The highest BCUT2D eigenvalue weighted by Crippen LogP contribution is 2.20. The van der Waals surface area contributed by atoms with Gasteiger partial charge in [-0.15, -0.1) is 0 Å². The van der Waals surface area contributed by atoms with Gasteiger partial charge in [0.1, 0.15) is 0 Å². The maximum absolute atomic E-state index is 11.9. The van der Waals surface area contributed by atoms with Gasteiger partial charge in [0.15, 0.2) is 0 Å². The van der Waals surface area contributed by atoms with E-state index in [2.05, 4.69) is 0 Å². The molecule has 0 fully saturated rings. The lowest BCUT2D eigenvalue weighted by atomic mass is 10.4. The molecule has 0 aromatic rings. The van der Waals surface area contributed by atoms with Gasteiger partial charge in [0.05, 0.1) is 0 Å². The third-order valence-corrected chi connectivity index (χ3v) is 10.6. The van der Waals surface area contributed by atoms with Crippen molar-refractivity contribution < 1.29 is 31.4 Å². The van der Waals surface area contributed by atoms with Gasteiger partial charge in [-0.1, -0.05) is 0 Å². The fourth-order valence-electron chi connectivity index (χ4n) is 3.31. The Morgan fingerprint density at radius 2 is 0.903 bits per heavy atom. The van der Waals surface area contributed by atoms with Gasteiger partial charge in [-0.05, 0) is 65.3 Å². The van der Waals surface area contributed by atoms with Crippen molar-refractivity contribution in [2.75, 3.05) is 52.7 Å². The van der Waals surface area contributed by atoms with E-state index >= 15 is 0 Å². The maximum atomic E-state index is 11.9. The molecule has 0 aromatic heterocycles. The molecule has 9 nitrogen and oxygen atoms in total. The summed E-state index contributed by atoms with van der Waals surface area (Å²) in [5, 5.41) is 0. The van der Waals surface area contributed by atoms with Crippen molar-refractivity contribution >= 4 is 34.6 Å². The fraction of sp³-hybridized carbons (Fsp3) is 0.947. The summed E-state index contributed by atoms with van der Waals surface area (Å²) in [6.45, 7) is 15.8. The molecule has 0 aromatic carbocycles. The molecule has 0 heterocycles. The maximum Gasteiger partial charge on any atom is 0.500 e. The molecule has 0 rings (SSSR count). The average Bonchev–Trinajstić information content (AvgIpc) is 2.68. The smallest absolute Gasteiger partial charge is 0.374 e. The zero-order chi connectivity index (χ0) is 22.9. The fourth-order valence-corrected chi connectivity index (χ4v) is 8.49. The van der Waals surface area contributed by atoms with Crippen molar-refractivity contribution in [3.05, 3.63) is 0 Å². The second kappa shape index (κ2) is 19.2. The molecule has 0 aliphatic rings. The molecule has 0 atom stereocenters. The molecule has 2 N–H and O–H groups in total. The van der Waals surface area contributed by atoms with Gasteiger partial charge in [0, 0.05) is 64.8 Å². The molecule has 0 unspecified atom stereocenters. The van der Waals surface area contributed by atoms with E-state index in [0.29, 0.717) is 77.7 Å². The van der Waals surface area contributed by atoms with Crippen molar-refractivity contribution in [1.82, 2.24) is 4.90 Å². The first-order valence-corrected chi connectivity index (χ1v) is 15.1. The van der Waals surface area contributed by atoms with Gasteiger partial charge in [0.25, 0.3) is 0 Å². The first-order chi connectivity index (χ1) is 14.4. The van der Waals surface area contributed by atoms with Crippen LogP contribution in [-0.2, 0) is 26.6 Å². The number of amides is 2. The van der Waals surface area contributed by atoms with Gasteiger partial charge < -0.3 is 37.2 Å². The van der Waals surface area contributed by atoms with E-state index in [9.17, 15) is 4.79 Å². The monoisotopic (exact) mass is 500 g/mol. The van der Waals surface area contributed by atoms with Crippen molar-refractivity contribution in [3.8, 4) is 0 Å². The van der Waals surface area contributed by atoms with E-state index in [1.807, 2.05) is 41.5 Å². The second-order valence-electron chi connectivity index (χ2n) is 6.50. The van der Waals surface area contributed by atoms with Crippen LogP contribution in [0.15, 0.2) is 0 Å². The topological polar surface area (TPSA) is 102 Å². The summed E-state index contributed by atoms with van der Waals surface area (Å²) >= 11 is 0. The standard InChI is InChI=1S/C19H44N2O7Si2.H4Si/c1-7-23-29(24-8-2,25-9-3)17-13-15-21(19(20)22)16-14-18-30(26-10-4,27-11-5)28-12-6;/h7-18H2,1-6H3,(H2,20,22);1H4. The molecule has 0 saturated heterocycles. The molecule has 0 radical (unpaired) electrons. The van der Waals surface area contributed by atoms with Gasteiger partial charge >= 0.3 is 23.6 Å². The van der Waals surface area contributed by atoms with Crippen LogP contribution >= 0.6 is 0 Å². The van der Waals surface area contributed by atoms with Gasteiger partial charge in [-0.2, -0.15) is 0 Å². The molecule has 12 heteroatoms. The molecule has 0 aliphatic carbocycles. The minimum absolute atomic E-state index is 0. The lowest BCUT2D eigenvalue weighted by molar-refractivity contribution is 0.0697. The zero-order valence-corrected chi connectivity index (χ0v) is 21.9. The number of nitrogens with two attached hydrogens (primary N) is 1. The Labute approximate surface area is 196 Å². The number of carbonyl (C=O) groups excluding carboxylic acids is 1. The molecule has 0 saturated carbocycles. The Kier molecular flexibility index (Phi) is 20.3. The number of hydrogen-bond donors (Lipinski definition) is 1. The number of urea groups is 1. The molecular formula is C19H48N2O7Si3. The minimum atomic E-state index is -2.72. The SMILES string of the molecule is CCO[Si](CCCN(CCC[Si](OCC)(OCC)OCC)C(N)=O)(OCC)OCC.[SiH4]. The summed E-state index contributed by atoms with van der Waals surface area (Å²) in [7, 11) is -5.44. The quantitative estimate of drug-likeness (QED) is 0.254. The number of primary amides is 1. The van der Waals surface area contributed by atoms with Crippen LogP contribution in [0.5, 0.6) is 0 Å². The Balaban J connectivity index is 0. The summed E-state index contributed by atoms with van der Waals surface area (Å²) in [6.07, 6.45) is 1.39. The lowest BCUT2D eigenvalue weighted by Crippen LogP contribution is -2.47. The van der Waals surface area contributed by atoms with Crippen molar-refractivity contribution in [1.29, 1.82) is 0 Å². The highest BCUT2D eigenvalue weighted by atomic mass is 28.4. The predicted octanol–water partition coefficient (Wildman–Crippen LogP) is 1.79. The molecule has 0 bridgehead atoms. The van der Waals surface area contributed by atoms with Crippen LogP contribution < -0.4 is 5.73 Å². The summed E-state index contributed by atoms with van der Waals surface area (Å²) in [5.41, 5.74) is 5.61. The Morgan fingerprint density at radius 3 is 1.10 bits per heavy atom. The van der Waals surface area contributed by atoms with E-state index in [1.165, 1.54) is 0 Å². The predicted molar refractivity (Wildman–Crippen MR) is 133 cm³/mol. The Bertz CT molecular complexity index is 385. The van der Waals surface area contributed by atoms with E-state index < -0.39 is 23.6 Å². The summed E-state index contributed by atoms with van der Waals surface area (Å²) < 4.78 is 35.2. The Morgan fingerprint density at radius 1 is 0.645 bits per heavy atom. The molecule has 0 spiro atoms. The average molecular weight is 501 g/mol. The van der Waals surface area contributed by atoms with Crippen LogP contribution in [0.3, 0.4) is 0 Å². The molecular weight excluding hydrogens is 452 g/mol. The van der Waals surface area contributed by atoms with Crippen molar-refractivity contribution in [3.63, 3.8) is 0 Å². The van der Waals surface area contributed by atoms with E-state index in [0.717, 1.165) is 0 Å². The number of hydrogen-bond acceptors (Lipinski definition) is 7. The third kappa shape index (κ3) is 13.1. The first kappa shape index (κ1) is 32.9. The van der Waals surface area contributed by atoms with Crippen LogP contribution in [0, 0.1) is 0 Å². The second-order valence-corrected chi connectivity index (χ2v) is 12.0. The lowest BCUT2D eigenvalue weighted by Gasteiger charge is -2.30. The first-order valence-electron chi connectivity index (χ1n) is 11.3. The van der Waals surface area contributed by atoms with Crippen LogP contribution in [0.4, 0.5) is 4.79 Å². The van der Waals surface area contributed by atoms with E-state index in [-0.39, 0.29) is 11.0 Å². The van der Waals surface area contributed by atoms with Gasteiger partial charge in [-0.3, -0.25) is 0 Å². The molecule has 188 valence electrons. The van der Waals surface area contributed by atoms with Crippen LogP contribution in [0.2, 0.25) is 12.1 Å². The number of carbonyl (C=O) groups is 1. The zero-order valence-electron chi connectivity index (χ0n) is 19.9. The highest BCUT2D eigenvalue weighted by Gasteiger charge is 2.41. The number of nitrogens with zero attached hydrogens (tertiary/aromatic N) is 1. The summed E-state index contributed by atoms with van der Waals surface area (Å²) in [4.78, 5) is 13.6. The normalized spacial score (nSPS) is 11.9. The van der Waals surface area contributed by atoms with Gasteiger partial charge in [-0.25, -0.2) is 4.79 Å². The van der Waals surface area contributed by atoms with Crippen LogP contribution in [0.1, 0.15) is 54.4 Å². The molecule has 31 heavy (non-hydrogen) atoms. The molecule has 0 aliphatic heterocycles. The highest BCUT2D eigenvalue weighted by molar-refractivity contribution is 6.61. The molecule has 2 amide bonds. The minimum Gasteiger partial charge on any atom is -0.374 e. The van der Waals surface area contributed by atoms with Crippen molar-refractivity contribution in [2.24, 2.45) is 5.73 Å². The van der Waals surface area contributed by atoms with Gasteiger partial charge in [0.2, 0.25) is 0 Å². The van der Waals surface area contributed by atoms with Crippen molar-refractivity contribution in [2.45, 2.75) is 66.5 Å². The summed E-state index contributed by atoms with van der Waals surface area (Å²) in [5.74, 6) is 0.